The van der Waals surface area contributed by atoms with E-state index in [9.17, 15) is 9.18 Å². The quantitative estimate of drug-likeness (QED) is 0.926. The van der Waals surface area contributed by atoms with E-state index in [-0.39, 0.29) is 22.4 Å². The lowest BCUT2D eigenvalue weighted by atomic mass is 9.94. The van der Waals surface area contributed by atoms with Gasteiger partial charge in [-0.1, -0.05) is 11.6 Å². The van der Waals surface area contributed by atoms with Gasteiger partial charge in [0.15, 0.2) is 0 Å². The highest BCUT2D eigenvalue weighted by atomic mass is 35.5. The van der Waals surface area contributed by atoms with Crippen molar-refractivity contribution in [3.63, 3.8) is 0 Å². The van der Waals surface area contributed by atoms with Crippen LogP contribution in [-0.2, 0) is 0 Å². The first kappa shape index (κ1) is 14.1. The lowest BCUT2D eigenvalue weighted by molar-refractivity contribution is 0.0701. The molecule has 0 radical (unpaired) electrons. The molecule has 0 spiro atoms. The van der Waals surface area contributed by atoms with E-state index in [0.29, 0.717) is 13.1 Å². The van der Waals surface area contributed by atoms with E-state index in [1.165, 1.54) is 18.2 Å². The molecule has 110 valence electrons. The number of hydrogen-bond donors (Lipinski definition) is 1. The Morgan fingerprint density at radius 2 is 2.29 bits per heavy atom. The molecule has 6 heteroatoms. The smallest absolute Gasteiger partial charge is 0.256 e. The summed E-state index contributed by atoms with van der Waals surface area (Å²) in [5.41, 5.74) is 1.09. The van der Waals surface area contributed by atoms with Crippen molar-refractivity contribution in [2.45, 2.75) is 18.8 Å². The van der Waals surface area contributed by atoms with E-state index in [1.54, 1.807) is 11.1 Å². The lowest BCUT2D eigenvalue weighted by Crippen LogP contribution is -2.39. The number of rotatable bonds is 2. The monoisotopic (exact) mass is 307 g/mol. The Kier molecular flexibility index (Phi) is 3.92. The Labute approximate surface area is 126 Å². The molecule has 21 heavy (non-hydrogen) atoms. The van der Waals surface area contributed by atoms with Gasteiger partial charge in [0.25, 0.3) is 5.91 Å². The largest absolute Gasteiger partial charge is 0.338 e. The van der Waals surface area contributed by atoms with Gasteiger partial charge in [-0.3, -0.25) is 9.89 Å². The summed E-state index contributed by atoms with van der Waals surface area (Å²) >= 11 is 5.72. The van der Waals surface area contributed by atoms with Gasteiger partial charge < -0.3 is 4.90 Å². The number of amides is 1. The fourth-order valence-corrected chi connectivity index (χ4v) is 2.90. The van der Waals surface area contributed by atoms with Crippen molar-refractivity contribution < 1.29 is 9.18 Å². The number of aromatic amines is 1. The maximum absolute atomic E-state index is 13.9. The molecule has 0 aliphatic carbocycles. The van der Waals surface area contributed by atoms with Gasteiger partial charge in [0.2, 0.25) is 0 Å². The molecule has 1 fully saturated rings. The first-order valence-electron chi connectivity index (χ1n) is 6.89. The maximum Gasteiger partial charge on any atom is 0.256 e. The van der Waals surface area contributed by atoms with E-state index < -0.39 is 5.82 Å². The molecule has 1 amide bonds. The van der Waals surface area contributed by atoms with Crippen LogP contribution in [0.4, 0.5) is 4.39 Å². The average molecular weight is 308 g/mol. The van der Waals surface area contributed by atoms with Gasteiger partial charge in [-0.25, -0.2) is 4.39 Å². The van der Waals surface area contributed by atoms with Crippen LogP contribution in [0.15, 0.2) is 30.5 Å². The highest BCUT2D eigenvalue weighted by Crippen LogP contribution is 2.27. The molecule has 1 unspecified atom stereocenters. The van der Waals surface area contributed by atoms with Crippen LogP contribution in [-0.4, -0.2) is 34.1 Å². The molecule has 0 saturated carbocycles. The molecular formula is C15H15ClFN3O. The standard InChI is InChI=1S/C15H15ClFN3O/c16-11-3-4-12(13(17)8-11)15(21)20-7-1-2-10(9-20)14-5-6-18-19-14/h3-6,8,10H,1-2,7,9H2,(H,18,19). The third kappa shape index (κ3) is 2.93. The summed E-state index contributed by atoms with van der Waals surface area (Å²) in [6.45, 7) is 1.22. The van der Waals surface area contributed by atoms with Gasteiger partial charge in [0, 0.05) is 35.9 Å². The number of halogens is 2. The van der Waals surface area contributed by atoms with Crippen LogP contribution in [0, 0.1) is 5.82 Å². The topological polar surface area (TPSA) is 49.0 Å². The minimum atomic E-state index is -0.573. The van der Waals surface area contributed by atoms with Crippen molar-refractivity contribution in [3.8, 4) is 0 Å². The summed E-state index contributed by atoms with van der Waals surface area (Å²) < 4.78 is 13.9. The zero-order valence-corrected chi connectivity index (χ0v) is 12.1. The zero-order chi connectivity index (χ0) is 14.8. The molecule has 4 nitrogen and oxygen atoms in total. The fraction of sp³-hybridized carbons (Fsp3) is 0.333. The Morgan fingerprint density at radius 3 is 3.00 bits per heavy atom. The van der Waals surface area contributed by atoms with Crippen LogP contribution >= 0.6 is 11.6 Å². The molecule has 1 N–H and O–H groups in total. The van der Waals surface area contributed by atoms with Crippen LogP contribution in [0.1, 0.15) is 34.8 Å². The molecule has 1 aromatic carbocycles. The van der Waals surface area contributed by atoms with Crippen molar-refractivity contribution in [1.29, 1.82) is 0 Å². The summed E-state index contributed by atoms with van der Waals surface area (Å²) in [5, 5.41) is 7.18. The van der Waals surface area contributed by atoms with Crippen LogP contribution in [0.25, 0.3) is 0 Å². The van der Waals surface area contributed by atoms with E-state index in [1.807, 2.05) is 6.07 Å². The van der Waals surface area contributed by atoms with Crippen molar-refractivity contribution >= 4 is 17.5 Å². The summed E-state index contributed by atoms with van der Waals surface area (Å²) in [6.07, 6.45) is 3.59. The van der Waals surface area contributed by atoms with Crippen LogP contribution < -0.4 is 0 Å². The predicted octanol–water partition coefficient (Wildman–Crippen LogP) is 3.22. The van der Waals surface area contributed by atoms with E-state index >= 15 is 0 Å². The van der Waals surface area contributed by atoms with Gasteiger partial charge in [-0.2, -0.15) is 5.10 Å². The maximum atomic E-state index is 13.9. The van der Waals surface area contributed by atoms with Crippen molar-refractivity contribution in [2.24, 2.45) is 0 Å². The minimum Gasteiger partial charge on any atom is -0.338 e. The number of carbonyl (C=O) groups excluding carboxylic acids is 1. The van der Waals surface area contributed by atoms with E-state index in [2.05, 4.69) is 10.2 Å². The molecule has 1 atom stereocenters. The third-order valence-corrected chi connectivity index (χ3v) is 4.07. The molecular weight excluding hydrogens is 293 g/mol. The van der Waals surface area contributed by atoms with Crippen molar-refractivity contribution in [3.05, 3.63) is 52.6 Å². The molecule has 3 rings (SSSR count). The Hall–Kier alpha value is -1.88. The number of benzene rings is 1. The first-order valence-corrected chi connectivity index (χ1v) is 7.26. The van der Waals surface area contributed by atoms with Gasteiger partial charge in [-0.15, -0.1) is 0 Å². The molecule has 1 aliphatic heterocycles. The Morgan fingerprint density at radius 1 is 1.43 bits per heavy atom. The molecule has 0 bridgehead atoms. The summed E-state index contributed by atoms with van der Waals surface area (Å²) in [6, 6.07) is 6.07. The van der Waals surface area contributed by atoms with Crippen LogP contribution in [0.2, 0.25) is 5.02 Å². The molecule has 1 saturated heterocycles. The Balaban J connectivity index is 1.78. The van der Waals surface area contributed by atoms with Gasteiger partial charge >= 0.3 is 0 Å². The van der Waals surface area contributed by atoms with Crippen LogP contribution in [0.5, 0.6) is 0 Å². The number of aromatic nitrogens is 2. The highest BCUT2D eigenvalue weighted by molar-refractivity contribution is 6.30. The predicted molar refractivity (Wildman–Crippen MR) is 77.9 cm³/mol. The molecule has 1 aromatic heterocycles. The fourth-order valence-electron chi connectivity index (χ4n) is 2.74. The second-order valence-electron chi connectivity index (χ2n) is 5.23. The average Bonchev–Trinajstić information content (AvgIpc) is 3.01. The number of hydrogen-bond acceptors (Lipinski definition) is 2. The normalized spacial score (nSPS) is 18.8. The number of piperidine rings is 1. The SMILES string of the molecule is O=C(c1ccc(Cl)cc1F)N1CCCC(c2ccn[nH]2)C1. The first-order chi connectivity index (χ1) is 10.1. The number of carbonyl (C=O) groups is 1. The summed E-state index contributed by atoms with van der Waals surface area (Å²) in [5.74, 6) is -0.634. The lowest BCUT2D eigenvalue weighted by Gasteiger charge is -2.32. The summed E-state index contributed by atoms with van der Waals surface area (Å²) in [4.78, 5) is 14.2. The highest BCUT2D eigenvalue weighted by Gasteiger charge is 2.27. The summed E-state index contributed by atoms with van der Waals surface area (Å²) in [7, 11) is 0. The third-order valence-electron chi connectivity index (χ3n) is 3.83. The minimum absolute atomic E-state index is 0.0738. The number of H-pyrrole nitrogens is 1. The Bertz CT molecular complexity index is 644. The molecule has 1 aliphatic rings. The van der Waals surface area contributed by atoms with E-state index in [0.717, 1.165) is 18.5 Å². The number of nitrogens with one attached hydrogen (secondary N) is 1. The van der Waals surface area contributed by atoms with E-state index in [4.69, 9.17) is 11.6 Å². The molecule has 2 heterocycles. The number of likely N-dealkylation sites (tertiary alicyclic amines) is 1. The van der Waals surface area contributed by atoms with Crippen molar-refractivity contribution in [2.75, 3.05) is 13.1 Å². The van der Waals surface area contributed by atoms with Gasteiger partial charge in [0.05, 0.1) is 5.56 Å². The number of nitrogens with zero attached hydrogens (tertiary/aromatic N) is 2. The second kappa shape index (κ2) is 5.85. The molecule has 2 aromatic rings. The zero-order valence-electron chi connectivity index (χ0n) is 11.4. The van der Waals surface area contributed by atoms with Gasteiger partial charge in [-0.05, 0) is 37.1 Å². The second-order valence-corrected chi connectivity index (χ2v) is 5.66. The van der Waals surface area contributed by atoms with Crippen molar-refractivity contribution in [1.82, 2.24) is 15.1 Å². The van der Waals surface area contributed by atoms with Crippen LogP contribution in [0.3, 0.4) is 0 Å². The van der Waals surface area contributed by atoms with Gasteiger partial charge in [0.1, 0.15) is 5.82 Å².